The number of nitrogens with zero attached hydrogens (tertiary/aromatic N) is 2. The van der Waals surface area contributed by atoms with E-state index in [1.165, 1.54) is 0 Å². The van der Waals surface area contributed by atoms with Crippen LogP contribution in [-0.2, 0) is 18.0 Å². The van der Waals surface area contributed by atoms with Crippen LogP contribution in [0.3, 0.4) is 0 Å². The Morgan fingerprint density at radius 1 is 1.17 bits per heavy atom. The average Bonchev–Trinajstić information content (AvgIpc) is 2.47. The largest absolute Gasteiger partial charge is 0.383 e. The van der Waals surface area contributed by atoms with E-state index in [-0.39, 0.29) is 5.95 Å². The number of fused-ring (bicyclic) bond motifs is 3. The number of benzene rings is 1. The number of nitrogen functional groups attached to an aromatic ring is 2. The first kappa shape index (κ1) is 11.3. The van der Waals surface area contributed by atoms with E-state index in [4.69, 9.17) is 27.8 Å². The van der Waals surface area contributed by atoms with Crippen molar-refractivity contribution in [3.63, 3.8) is 0 Å². The Hall–Kier alpha value is -1.85. The molecule has 0 fully saturated rings. The predicted molar refractivity (Wildman–Crippen MR) is 69.8 cm³/mol. The van der Waals surface area contributed by atoms with Gasteiger partial charge in [-0.25, -0.2) is 4.98 Å². The van der Waals surface area contributed by atoms with Gasteiger partial charge in [0, 0.05) is 10.6 Å². The highest BCUT2D eigenvalue weighted by Crippen LogP contribution is 2.35. The lowest BCUT2D eigenvalue weighted by atomic mass is 10.00. The second-order valence-electron chi connectivity index (χ2n) is 4.08. The number of aromatic nitrogens is 2. The number of hydrogen-bond donors (Lipinski definition) is 2. The van der Waals surface area contributed by atoms with Crippen molar-refractivity contribution in [2.75, 3.05) is 11.5 Å². The fraction of sp³-hybridized carbons (Fsp3) is 0.167. The molecule has 1 aromatic heterocycles. The van der Waals surface area contributed by atoms with Crippen molar-refractivity contribution in [1.29, 1.82) is 0 Å². The third-order valence-electron chi connectivity index (χ3n) is 2.86. The van der Waals surface area contributed by atoms with Crippen molar-refractivity contribution in [2.45, 2.75) is 13.2 Å². The molecule has 0 radical (unpaired) electrons. The number of hydrogen-bond acceptors (Lipinski definition) is 5. The number of anilines is 2. The lowest BCUT2D eigenvalue weighted by molar-refractivity contribution is 0.107. The summed E-state index contributed by atoms with van der Waals surface area (Å²) in [4.78, 5) is 8.19. The second kappa shape index (κ2) is 4.12. The SMILES string of the molecule is Nc1nc(N)c2c(n1)COCc1cc(Cl)ccc1-2. The maximum atomic E-state index is 5.98. The summed E-state index contributed by atoms with van der Waals surface area (Å²) in [5, 5.41) is 0.663. The van der Waals surface area contributed by atoms with Gasteiger partial charge in [0.25, 0.3) is 0 Å². The molecule has 0 bridgehead atoms. The van der Waals surface area contributed by atoms with Gasteiger partial charge < -0.3 is 16.2 Å². The van der Waals surface area contributed by atoms with Crippen molar-refractivity contribution in [1.82, 2.24) is 9.97 Å². The van der Waals surface area contributed by atoms with Crippen molar-refractivity contribution < 1.29 is 4.74 Å². The number of ether oxygens (including phenoxy) is 1. The Morgan fingerprint density at radius 2 is 2.00 bits per heavy atom. The summed E-state index contributed by atoms with van der Waals surface area (Å²) in [6, 6.07) is 5.58. The molecule has 0 aliphatic carbocycles. The van der Waals surface area contributed by atoms with Crippen LogP contribution in [0.1, 0.15) is 11.3 Å². The van der Waals surface area contributed by atoms with Crippen molar-refractivity contribution >= 4 is 23.4 Å². The Bertz CT molecular complexity index is 630. The first-order valence-corrected chi connectivity index (χ1v) is 5.81. The van der Waals surface area contributed by atoms with Gasteiger partial charge in [0.05, 0.1) is 18.9 Å². The third kappa shape index (κ3) is 1.77. The van der Waals surface area contributed by atoms with Crippen molar-refractivity contribution in [3.8, 4) is 11.1 Å². The lowest BCUT2D eigenvalue weighted by Crippen LogP contribution is -2.06. The van der Waals surface area contributed by atoms with E-state index in [0.717, 1.165) is 16.7 Å². The Morgan fingerprint density at radius 3 is 2.83 bits per heavy atom. The quantitative estimate of drug-likeness (QED) is 0.758. The molecule has 0 saturated carbocycles. The van der Waals surface area contributed by atoms with E-state index in [2.05, 4.69) is 9.97 Å². The highest BCUT2D eigenvalue weighted by Gasteiger charge is 2.20. The van der Waals surface area contributed by atoms with Gasteiger partial charge in [-0.05, 0) is 23.3 Å². The van der Waals surface area contributed by atoms with Crippen LogP contribution in [-0.4, -0.2) is 9.97 Å². The van der Waals surface area contributed by atoms with Gasteiger partial charge in [-0.15, -0.1) is 0 Å². The molecule has 5 nitrogen and oxygen atoms in total. The van der Waals surface area contributed by atoms with Crippen LogP contribution in [0.4, 0.5) is 11.8 Å². The van der Waals surface area contributed by atoms with E-state index in [1.807, 2.05) is 18.2 Å². The summed E-state index contributed by atoms with van der Waals surface area (Å²) < 4.78 is 5.55. The maximum Gasteiger partial charge on any atom is 0.222 e. The average molecular weight is 263 g/mol. The Balaban J connectivity index is 2.30. The van der Waals surface area contributed by atoms with Crippen LogP contribution in [0.5, 0.6) is 0 Å². The molecule has 92 valence electrons. The van der Waals surface area contributed by atoms with Crippen LogP contribution in [0.15, 0.2) is 18.2 Å². The van der Waals surface area contributed by atoms with Crippen molar-refractivity contribution in [2.24, 2.45) is 0 Å². The molecule has 0 saturated heterocycles. The second-order valence-corrected chi connectivity index (χ2v) is 4.52. The zero-order chi connectivity index (χ0) is 12.7. The third-order valence-corrected chi connectivity index (χ3v) is 3.10. The number of halogens is 1. The molecular weight excluding hydrogens is 252 g/mol. The zero-order valence-corrected chi connectivity index (χ0v) is 10.2. The number of rotatable bonds is 0. The summed E-state index contributed by atoms with van der Waals surface area (Å²) in [7, 11) is 0. The predicted octanol–water partition coefficient (Wildman–Crippen LogP) is 1.99. The molecule has 4 N–H and O–H groups in total. The molecule has 1 aromatic carbocycles. The molecule has 0 amide bonds. The Kier molecular flexibility index (Phi) is 2.57. The van der Waals surface area contributed by atoms with E-state index in [0.29, 0.717) is 29.7 Å². The van der Waals surface area contributed by atoms with E-state index >= 15 is 0 Å². The molecule has 0 unspecified atom stereocenters. The lowest BCUT2D eigenvalue weighted by Gasteiger charge is -2.10. The van der Waals surface area contributed by atoms with Crippen LogP contribution < -0.4 is 11.5 Å². The topological polar surface area (TPSA) is 87.0 Å². The fourth-order valence-corrected chi connectivity index (χ4v) is 2.32. The fourth-order valence-electron chi connectivity index (χ4n) is 2.13. The standard InChI is InChI=1S/C12H11ClN4O/c13-7-1-2-8-6(3-7)4-18-5-9-10(8)11(14)17-12(15)16-9/h1-3H,4-5H2,(H4,14,15,16,17). The molecule has 6 heteroatoms. The highest BCUT2D eigenvalue weighted by atomic mass is 35.5. The van der Waals surface area contributed by atoms with Gasteiger partial charge in [0.15, 0.2) is 0 Å². The molecule has 3 rings (SSSR count). The summed E-state index contributed by atoms with van der Waals surface area (Å²) in [6.45, 7) is 0.824. The Labute approximate surface area is 109 Å². The molecule has 2 aromatic rings. The molecule has 2 heterocycles. The van der Waals surface area contributed by atoms with Gasteiger partial charge in [-0.1, -0.05) is 17.7 Å². The minimum atomic E-state index is 0.160. The molecule has 1 aliphatic heterocycles. The summed E-state index contributed by atoms with van der Waals surface area (Å²) in [5.74, 6) is 0.527. The summed E-state index contributed by atoms with van der Waals surface area (Å²) in [5.41, 5.74) is 15.0. The van der Waals surface area contributed by atoms with Crippen LogP contribution in [0, 0.1) is 0 Å². The first-order chi connectivity index (χ1) is 8.65. The van der Waals surface area contributed by atoms with Crippen LogP contribution >= 0.6 is 11.6 Å². The zero-order valence-electron chi connectivity index (χ0n) is 9.48. The van der Waals surface area contributed by atoms with E-state index in [1.54, 1.807) is 0 Å². The highest BCUT2D eigenvalue weighted by molar-refractivity contribution is 6.30. The van der Waals surface area contributed by atoms with Crippen LogP contribution in [0.25, 0.3) is 11.1 Å². The number of nitrogens with two attached hydrogens (primary N) is 2. The minimum Gasteiger partial charge on any atom is -0.383 e. The normalized spacial score (nSPS) is 13.6. The summed E-state index contributed by atoms with van der Waals surface area (Å²) >= 11 is 5.98. The van der Waals surface area contributed by atoms with Gasteiger partial charge in [0.1, 0.15) is 5.82 Å². The van der Waals surface area contributed by atoms with Crippen LogP contribution in [0.2, 0.25) is 5.02 Å². The monoisotopic (exact) mass is 262 g/mol. The van der Waals surface area contributed by atoms with E-state index in [9.17, 15) is 0 Å². The van der Waals surface area contributed by atoms with Crippen molar-refractivity contribution in [3.05, 3.63) is 34.5 Å². The van der Waals surface area contributed by atoms with Gasteiger partial charge in [-0.3, -0.25) is 0 Å². The minimum absolute atomic E-state index is 0.160. The first-order valence-electron chi connectivity index (χ1n) is 5.43. The molecule has 0 atom stereocenters. The van der Waals surface area contributed by atoms with E-state index < -0.39 is 0 Å². The molecule has 1 aliphatic rings. The molecule has 0 spiro atoms. The van der Waals surface area contributed by atoms with Gasteiger partial charge >= 0.3 is 0 Å². The molecular formula is C12H11ClN4O. The maximum absolute atomic E-state index is 5.98. The molecule has 18 heavy (non-hydrogen) atoms. The smallest absolute Gasteiger partial charge is 0.222 e. The van der Waals surface area contributed by atoms with Gasteiger partial charge in [0.2, 0.25) is 5.95 Å². The summed E-state index contributed by atoms with van der Waals surface area (Å²) in [6.07, 6.45) is 0. The van der Waals surface area contributed by atoms with Gasteiger partial charge in [-0.2, -0.15) is 4.98 Å².